The average Bonchev–Trinajstić information content (AvgIpc) is 2.39. The maximum absolute atomic E-state index is 11.9. The molecule has 1 amide bonds. The highest BCUT2D eigenvalue weighted by Gasteiger charge is 2.25. The predicted octanol–water partition coefficient (Wildman–Crippen LogP) is 2.21. The Bertz CT molecular complexity index is 458. The molecule has 0 saturated carbocycles. The number of ether oxygens (including phenoxy) is 1. The van der Waals surface area contributed by atoms with Gasteiger partial charge in [0.15, 0.2) is 0 Å². The summed E-state index contributed by atoms with van der Waals surface area (Å²) in [6.45, 7) is 5.90. The van der Waals surface area contributed by atoms with Crippen molar-refractivity contribution in [2.24, 2.45) is 11.1 Å². The van der Waals surface area contributed by atoms with Gasteiger partial charge in [-0.3, -0.25) is 4.79 Å². The number of nitrogens with two attached hydrogens (primary N) is 1. The highest BCUT2D eigenvalue weighted by Crippen LogP contribution is 2.17. The minimum absolute atomic E-state index is 0. The molecular formula is C14H21ClN2O3. The molecule has 0 spiro atoms. The lowest BCUT2D eigenvalue weighted by Crippen LogP contribution is -2.37. The van der Waals surface area contributed by atoms with Crippen LogP contribution in [0.15, 0.2) is 24.3 Å². The summed E-state index contributed by atoms with van der Waals surface area (Å²) in [6.07, 6.45) is 0. The number of hydrogen-bond donors (Lipinski definition) is 2. The Labute approximate surface area is 125 Å². The number of hydrogen-bond acceptors (Lipinski definition) is 4. The normalized spacial score (nSPS) is 10.4. The van der Waals surface area contributed by atoms with E-state index in [1.54, 1.807) is 45.0 Å². The van der Waals surface area contributed by atoms with E-state index >= 15 is 0 Å². The molecule has 0 aliphatic heterocycles. The molecule has 20 heavy (non-hydrogen) atoms. The lowest BCUT2D eigenvalue weighted by molar-refractivity contribution is -0.123. The van der Waals surface area contributed by atoms with Crippen molar-refractivity contribution in [3.8, 4) is 0 Å². The van der Waals surface area contributed by atoms with Gasteiger partial charge in [0.25, 0.3) is 0 Å². The van der Waals surface area contributed by atoms with Gasteiger partial charge in [0.1, 0.15) is 0 Å². The molecule has 6 heteroatoms. The zero-order chi connectivity index (χ0) is 14.5. The van der Waals surface area contributed by atoms with E-state index in [2.05, 4.69) is 5.32 Å². The summed E-state index contributed by atoms with van der Waals surface area (Å²) in [6, 6.07) is 6.56. The number of halogens is 1. The van der Waals surface area contributed by atoms with E-state index in [1.807, 2.05) is 0 Å². The van der Waals surface area contributed by atoms with Crippen molar-refractivity contribution in [3.63, 3.8) is 0 Å². The van der Waals surface area contributed by atoms with Gasteiger partial charge in [-0.25, -0.2) is 4.79 Å². The van der Waals surface area contributed by atoms with E-state index in [1.165, 1.54) is 0 Å². The van der Waals surface area contributed by atoms with Crippen molar-refractivity contribution < 1.29 is 14.3 Å². The number of anilines is 1. The molecule has 1 rings (SSSR count). The SMILES string of the molecule is CCOC(=O)c1ccc(NC(=O)C(C)(C)CN)cc1.Cl. The first kappa shape index (κ1) is 18.4. The molecule has 3 N–H and O–H groups in total. The second-order valence-corrected chi connectivity index (χ2v) is 4.84. The molecule has 0 fully saturated rings. The quantitative estimate of drug-likeness (QED) is 0.817. The van der Waals surface area contributed by atoms with Crippen molar-refractivity contribution >= 4 is 30.0 Å². The summed E-state index contributed by atoms with van der Waals surface area (Å²) in [4.78, 5) is 23.4. The van der Waals surface area contributed by atoms with E-state index in [9.17, 15) is 9.59 Å². The van der Waals surface area contributed by atoms with Crippen molar-refractivity contribution in [1.82, 2.24) is 0 Å². The van der Waals surface area contributed by atoms with Crippen LogP contribution < -0.4 is 11.1 Å². The van der Waals surface area contributed by atoms with Gasteiger partial charge in [-0.1, -0.05) is 0 Å². The number of amides is 1. The van der Waals surface area contributed by atoms with Crippen LogP contribution in [0.3, 0.4) is 0 Å². The molecule has 1 aromatic carbocycles. The molecule has 0 saturated heterocycles. The first-order valence-electron chi connectivity index (χ1n) is 6.19. The first-order chi connectivity index (χ1) is 8.90. The number of carbonyl (C=O) groups is 2. The molecule has 0 radical (unpaired) electrons. The van der Waals surface area contributed by atoms with E-state index in [4.69, 9.17) is 10.5 Å². The minimum Gasteiger partial charge on any atom is -0.462 e. The summed E-state index contributed by atoms with van der Waals surface area (Å²) in [5.74, 6) is -0.526. The predicted molar refractivity (Wildman–Crippen MR) is 81.1 cm³/mol. The Balaban J connectivity index is 0.00000361. The van der Waals surface area contributed by atoms with E-state index < -0.39 is 5.41 Å². The highest BCUT2D eigenvalue weighted by molar-refractivity contribution is 5.96. The fourth-order valence-corrected chi connectivity index (χ4v) is 1.30. The Morgan fingerprint density at radius 1 is 1.25 bits per heavy atom. The van der Waals surface area contributed by atoms with Crippen LogP contribution in [0, 0.1) is 5.41 Å². The van der Waals surface area contributed by atoms with Gasteiger partial charge in [-0.15, -0.1) is 12.4 Å². The summed E-state index contributed by atoms with van der Waals surface area (Å²) in [7, 11) is 0. The maximum atomic E-state index is 11.9. The molecule has 5 nitrogen and oxygen atoms in total. The number of carbonyl (C=O) groups excluding carboxylic acids is 2. The number of esters is 1. The minimum atomic E-state index is -0.625. The Hall–Kier alpha value is -1.59. The summed E-state index contributed by atoms with van der Waals surface area (Å²) >= 11 is 0. The number of rotatable bonds is 5. The molecule has 1 aromatic rings. The van der Waals surface area contributed by atoms with E-state index in [0.29, 0.717) is 17.9 Å². The molecule has 0 atom stereocenters. The second kappa shape index (κ2) is 7.87. The molecule has 0 aromatic heterocycles. The van der Waals surface area contributed by atoms with Crippen molar-refractivity contribution in [2.75, 3.05) is 18.5 Å². The van der Waals surface area contributed by atoms with Crippen molar-refractivity contribution in [3.05, 3.63) is 29.8 Å². The van der Waals surface area contributed by atoms with Crippen molar-refractivity contribution in [2.45, 2.75) is 20.8 Å². The molecule has 112 valence electrons. The van der Waals surface area contributed by atoms with Crippen LogP contribution in [0.2, 0.25) is 0 Å². The van der Waals surface area contributed by atoms with Gasteiger partial charge >= 0.3 is 5.97 Å². The number of nitrogens with one attached hydrogen (secondary N) is 1. The standard InChI is InChI=1S/C14H20N2O3.ClH/c1-4-19-12(17)10-5-7-11(8-6-10)16-13(18)14(2,3)9-15;/h5-8H,4,9,15H2,1-3H3,(H,16,18);1H. The Kier molecular flexibility index (Phi) is 7.24. The Morgan fingerprint density at radius 2 is 1.80 bits per heavy atom. The van der Waals surface area contributed by atoms with Gasteiger partial charge in [-0.2, -0.15) is 0 Å². The fraction of sp³-hybridized carbons (Fsp3) is 0.429. The molecular weight excluding hydrogens is 280 g/mol. The maximum Gasteiger partial charge on any atom is 0.338 e. The van der Waals surface area contributed by atoms with Crippen LogP contribution >= 0.6 is 12.4 Å². The van der Waals surface area contributed by atoms with E-state index in [0.717, 1.165) is 0 Å². The lowest BCUT2D eigenvalue weighted by Gasteiger charge is -2.21. The highest BCUT2D eigenvalue weighted by atomic mass is 35.5. The van der Waals surface area contributed by atoms with Gasteiger partial charge in [-0.05, 0) is 45.0 Å². The van der Waals surface area contributed by atoms with Gasteiger partial charge < -0.3 is 15.8 Å². The topological polar surface area (TPSA) is 81.4 Å². The smallest absolute Gasteiger partial charge is 0.338 e. The van der Waals surface area contributed by atoms with Crippen LogP contribution in [0.4, 0.5) is 5.69 Å². The first-order valence-corrected chi connectivity index (χ1v) is 6.19. The third-order valence-electron chi connectivity index (χ3n) is 2.78. The van der Waals surface area contributed by atoms with Crippen LogP contribution in [0.1, 0.15) is 31.1 Å². The van der Waals surface area contributed by atoms with Gasteiger partial charge in [0, 0.05) is 12.2 Å². The summed E-state index contributed by atoms with van der Waals surface area (Å²) in [5.41, 5.74) is 5.99. The largest absolute Gasteiger partial charge is 0.462 e. The van der Waals surface area contributed by atoms with Crippen LogP contribution in [0.25, 0.3) is 0 Å². The third kappa shape index (κ3) is 4.83. The third-order valence-corrected chi connectivity index (χ3v) is 2.78. The molecule has 0 unspecified atom stereocenters. The van der Waals surface area contributed by atoms with Crippen LogP contribution in [-0.2, 0) is 9.53 Å². The lowest BCUT2D eigenvalue weighted by atomic mass is 9.92. The molecule has 0 heterocycles. The molecule has 0 aliphatic carbocycles. The van der Waals surface area contributed by atoms with Crippen LogP contribution in [-0.4, -0.2) is 25.0 Å². The van der Waals surface area contributed by atoms with E-state index in [-0.39, 0.29) is 30.8 Å². The molecule has 0 aliphatic rings. The zero-order valence-corrected chi connectivity index (χ0v) is 12.8. The fourth-order valence-electron chi connectivity index (χ4n) is 1.30. The van der Waals surface area contributed by atoms with Crippen LogP contribution in [0.5, 0.6) is 0 Å². The molecule has 0 bridgehead atoms. The zero-order valence-electron chi connectivity index (χ0n) is 11.9. The number of benzene rings is 1. The van der Waals surface area contributed by atoms with Gasteiger partial charge in [0.05, 0.1) is 17.6 Å². The van der Waals surface area contributed by atoms with Crippen molar-refractivity contribution in [1.29, 1.82) is 0 Å². The Morgan fingerprint density at radius 3 is 2.25 bits per heavy atom. The monoisotopic (exact) mass is 300 g/mol. The van der Waals surface area contributed by atoms with Gasteiger partial charge in [0.2, 0.25) is 5.91 Å². The second-order valence-electron chi connectivity index (χ2n) is 4.84. The summed E-state index contributed by atoms with van der Waals surface area (Å²) in [5, 5.41) is 2.76. The average molecular weight is 301 g/mol. The summed E-state index contributed by atoms with van der Waals surface area (Å²) < 4.78 is 4.88.